The van der Waals surface area contributed by atoms with Crippen LogP contribution < -0.4 is 5.32 Å². The molecule has 0 bridgehead atoms. The second-order valence-electron chi connectivity index (χ2n) is 5.03. The van der Waals surface area contributed by atoms with E-state index in [1.165, 1.54) is 0 Å². The van der Waals surface area contributed by atoms with Crippen molar-refractivity contribution in [1.29, 1.82) is 0 Å². The third kappa shape index (κ3) is 3.03. The zero-order valence-electron chi connectivity index (χ0n) is 12.6. The average molecular weight is 305 g/mol. The Morgan fingerprint density at radius 3 is 2.74 bits per heavy atom. The molecule has 3 aromatic rings. The van der Waals surface area contributed by atoms with Crippen molar-refractivity contribution in [3.05, 3.63) is 76.0 Å². The number of rotatable bonds is 4. The van der Waals surface area contributed by atoms with Crippen LogP contribution in [0.5, 0.6) is 0 Å². The normalized spacial score (nSPS) is 11.0. The number of hydrogen-bond acceptors (Lipinski definition) is 4. The van der Waals surface area contributed by atoms with Gasteiger partial charge in [0.2, 0.25) is 0 Å². The van der Waals surface area contributed by atoms with E-state index in [4.69, 9.17) is 0 Å². The highest BCUT2D eigenvalue weighted by molar-refractivity contribution is 5.90. The number of nitrogens with one attached hydrogen (secondary N) is 1. The Morgan fingerprint density at radius 1 is 1.13 bits per heavy atom. The SMILES string of the molecule is CNc1ccc(C=Cc2ccnc3ccccc23)cc1[N+](=O)[O-]. The molecule has 0 fully saturated rings. The molecule has 1 heterocycles. The van der Waals surface area contributed by atoms with Crippen LogP contribution >= 0.6 is 0 Å². The number of fused-ring (bicyclic) bond motifs is 1. The standard InChI is InChI=1S/C18H15N3O2/c1-19-17-9-7-13(12-18(17)21(22)23)6-8-14-10-11-20-16-5-3-2-4-15(14)16/h2-12,19H,1H3. The van der Waals surface area contributed by atoms with E-state index in [1.807, 2.05) is 48.6 Å². The zero-order valence-corrected chi connectivity index (χ0v) is 12.6. The topological polar surface area (TPSA) is 68.1 Å². The lowest BCUT2D eigenvalue weighted by Gasteiger charge is -2.03. The Hall–Kier alpha value is -3.21. The first-order chi connectivity index (χ1) is 11.2. The average Bonchev–Trinajstić information content (AvgIpc) is 2.59. The van der Waals surface area contributed by atoms with Crippen molar-refractivity contribution in [3.63, 3.8) is 0 Å². The third-order valence-electron chi connectivity index (χ3n) is 3.63. The predicted octanol–water partition coefficient (Wildman–Crippen LogP) is 4.36. The van der Waals surface area contributed by atoms with Crippen LogP contribution in [-0.4, -0.2) is 17.0 Å². The summed E-state index contributed by atoms with van der Waals surface area (Å²) in [5.74, 6) is 0. The summed E-state index contributed by atoms with van der Waals surface area (Å²) in [4.78, 5) is 15.1. The Morgan fingerprint density at radius 2 is 1.96 bits per heavy atom. The number of para-hydroxylation sites is 1. The molecule has 0 unspecified atom stereocenters. The minimum atomic E-state index is -0.384. The second-order valence-corrected chi connectivity index (χ2v) is 5.03. The quantitative estimate of drug-likeness (QED) is 0.574. The van der Waals surface area contributed by atoms with Crippen molar-refractivity contribution in [1.82, 2.24) is 4.98 Å². The summed E-state index contributed by atoms with van der Waals surface area (Å²) < 4.78 is 0. The molecular weight excluding hydrogens is 290 g/mol. The van der Waals surface area contributed by atoms with E-state index >= 15 is 0 Å². The molecule has 1 aromatic heterocycles. The maximum absolute atomic E-state index is 11.1. The molecule has 0 radical (unpaired) electrons. The molecule has 23 heavy (non-hydrogen) atoms. The van der Waals surface area contributed by atoms with Gasteiger partial charge in [-0.3, -0.25) is 15.1 Å². The lowest BCUT2D eigenvalue weighted by molar-refractivity contribution is -0.383. The first-order valence-corrected chi connectivity index (χ1v) is 7.17. The first kappa shape index (κ1) is 14.7. The van der Waals surface area contributed by atoms with E-state index in [2.05, 4.69) is 10.3 Å². The van der Waals surface area contributed by atoms with Crippen LogP contribution in [0.15, 0.2) is 54.7 Å². The summed E-state index contributed by atoms with van der Waals surface area (Å²) in [6, 6.07) is 14.9. The monoisotopic (exact) mass is 305 g/mol. The summed E-state index contributed by atoms with van der Waals surface area (Å²) in [6.45, 7) is 0. The number of anilines is 1. The van der Waals surface area contributed by atoms with Crippen LogP contribution in [0.4, 0.5) is 11.4 Å². The molecular formula is C18H15N3O2. The van der Waals surface area contributed by atoms with Crippen LogP contribution in [0.3, 0.4) is 0 Å². The molecule has 3 rings (SSSR count). The maximum Gasteiger partial charge on any atom is 0.292 e. The van der Waals surface area contributed by atoms with Crippen molar-refractivity contribution in [2.75, 3.05) is 12.4 Å². The third-order valence-corrected chi connectivity index (χ3v) is 3.63. The summed E-state index contributed by atoms with van der Waals surface area (Å²) in [6.07, 6.45) is 5.57. The number of nitro groups is 1. The van der Waals surface area contributed by atoms with Gasteiger partial charge in [0, 0.05) is 24.7 Å². The lowest BCUT2D eigenvalue weighted by atomic mass is 10.1. The molecule has 114 valence electrons. The minimum absolute atomic E-state index is 0.0641. The Balaban J connectivity index is 1.99. The fourth-order valence-corrected chi connectivity index (χ4v) is 2.46. The molecule has 0 aliphatic rings. The largest absolute Gasteiger partial charge is 0.383 e. The van der Waals surface area contributed by atoms with E-state index in [1.54, 1.807) is 25.4 Å². The van der Waals surface area contributed by atoms with E-state index < -0.39 is 0 Å². The minimum Gasteiger partial charge on any atom is -0.383 e. The van der Waals surface area contributed by atoms with E-state index in [9.17, 15) is 10.1 Å². The first-order valence-electron chi connectivity index (χ1n) is 7.17. The van der Waals surface area contributed by atoms with Crippen molar-refractivity contribution in [2.24, 2.45) is 0 Å². The van der Waals surface area contributed by atoms with Crippen LogP contribution in [0.2, 0.25) is 0 Å². The van der Waals surface area contributed by atoms with Gasteiger partial charge in [-0.2, -0.15) is 0 Å². The van der Waals surface area contributed by atoms with Gasteiger partial charge in [-0.05, 0) is 29.3 Å². The molecule has 0 saturated heterocycles. The van der Waals surface area contributed by atoms with Gasteiger partial charge in [0.05, 0.1) is 10.4 Å². The van der Waals surface area contributed by atoms with Gasteiger partial charge in [0.1, 0.15) is 5.69 Å². The maximum atomic E-state index is 11.1. The van der Waals surface area contributed by atoms with Crippen LogP contribution in [0.1, 0.15) is 11.1 Å². The van der Waals surface area contributed by atoms with Crippen molar-refractivity contribution in [3.8, 4) is 0 Å². The molecule has 2 aromatic carbocycles. The van der Waals surface area contributed by atoms with Gasteiger partial charge < -0.3 is 5.32 Å². The molecule has 0 saturated carbocycles. The smallest absolute Gasteiger partial charge is 0.292 e. The van der Waals surface area contributed by atoms with Crippen LogP contribution in [-0.2, 0) is 0 Å². The fourth-order valence-electron chi connectivity index (χ4n) is 2.46. The summed E-state index contributed by atoms with van der Waals surface area (Å²) in [7, 11) is 1.67. The molecule has 0 aliphatic heterocycles. The van der Waals surface area contributed by atoms with E-state index in [-0.39, 0.29) is 10.6 Å². The molecule has 0 spiro atoms. The molecule has 1 N–H and O–H groups in total. The van der Waals surface area contributed by atoms with Crippen LogP contribution in [0, 0.1) is 10.1 Å². The van der Waals surface area contributed by atoms with Crippen LogP contribution in [0.25, 0.3) is 23.1 Å². The Kier molecular flexibility index (Phi) is 4.01. The van der Waals surface area contributed by atoms with Gasteiger partial charge in [-0.25, -0.2) is 0 Å². The molecule has 0 amide bonds. The highest BCUT2D eigenvalue weighted by Crippen LogP contribution is 2.26. The highest BCUT2D eigenvalue weighted by Gasteiger charge is 2.12. The second kappa shape index (κ2) is 6.27. The number of nitrogens with zero attached hydrogens (tertiary/aromatic N) is 2. The summed E-state index contributed by atoms with van der Waals surface area (Å²) in [5, 5.41) is 15.0. The summed E-state index contributed by atoms with van der Waals surface area (Å²) in [5.41, 5.74) is 3.29. The number of pyridine rings is 1. The number of benzene rings is 2. The fraction of sp³-hybridized carbons (Fsp3) is 0.0556. The van der Waals surface area contributed by atoms with Gasteiger partial charge in [-0.15, -0.1) is 0 Å². The van der Waals surface area contributed by atoms with E-state index in [0.29, 0.717) is 5.69 Å². The van der Waals surface area contributed by atoms with Gasteiger partial charge >= 0.3 is 0 Å². The molecule has 5 heteroatoms. The van der Waals surface area contributed by atoms with Crippen molar-refractivity contribution >= 4 is 34.4 Å². The summed E-state index contributed by atoms with van der Waals surface area (Å²) >= 11 is 0. The van der Waals surface area contributed by atoms with Gasteiger partial charge in [-0.1, -0.05) is 36.4 Å². The van der Waals surface area contributed by atoms with Crippen molar-refractivity contribution < 1.29 is 4.92 Å². The number of aromatic nitrogens is 1. The lowest BCUT2D eigenvalue weighted by Crippen LogP contribution is -1.96. The van der Waals surface area contributed by atoms with Crippen molar-refractivity contribution in [2.45, 2.75) is 0 Å². The van der Waals surface area contributed by atoms with Gasteiger partial charge in [0.15, 0.2) is 0 Å². The van der Waals surface area contributed by atoms with E-state index in [0.717, 1.165) is 22.0 Å². The molecule has 0 atom stereocenters. The highest BCUT2D eigenvalue weighted by atomic mass is 16.6. The molecule has 5 nitrogen and oxygen atoms in total. The molecule has 0 aliphatic carbocycles. The van der Waals surface area contributed by atoms with Gasteiger partial charge in [0.25, 0.3) is 5.69 Å². The zero-order chi connectivity index (χ0) is 16.2. The number of nitro benzene ring substituents is 1. The Bertz CT molecular complexity index is 898. The number of hydrogen-bond donors (Lipinski definition) is 1. The Labute approximate surface area is 133 Å². The predicted molar refractivity (Wildman–Crippen MR) is 93.3 cm³/mol.